The number of rotatable bonds is 15. The van der Waals surface area contributed by atoms with Crippen molar-refractivity contribution in [3.8, 4) is 5.75 Å². The summed E-state index contributed by atoms with van der Waals surface area (Å²) >= 11 is 0. The third kappa shape index (κ3) is 10.4. The summed E-state index contributed by atoms with van der Waals surface area (Å²) in [6, 6.07) is 8.39. The highest BCUT2D eigenvalue weighted by Gasteiger charge is 2.31. The number of unbranched alkanes of at least 4 members (excludes halogenated alkanes) is 7. The number of anilines is 1. The maximum atomic E-state index is 5.87. The van der Waals surface area contributed by atoms with Gasteiger partial charge in [0.1, 0.15) is 5.75 Å². The quantitative estimate of drug-likeness (QED) is 0.304. The van der Waals surface area contributed by atoms with Crippen molar-refractivity contribution in [2.24, 2.45) is 10.8 Å². The zero-order chi connectivity index (χ0) is 20.9. The van der Waals surface area contributed by atoms with Crippen molar-refractivity contribution in [3.63, 3.8) is 0 Å². The van der Waals surface area contributed by atoms with Crippen LogP contribution in [0.25, 0.3) is 0 Å². The van der Waals surface area contributed by atoms with Gasteiger partial charge in [0.05, 0.1) is 6.61 Å². The van der Waals surface area contributed by atoms with Crippen LogP contribution in [0, 0.1) is 10.8 Å². The number of nitrogens with one attached hydrogen (secondary N) is 1. The molecular weight excluding hydrogens is 342 g/mol. The Labute approximate surface area is 175 Å². The molecule has 28 heavy (non-hydrogen) atoms. The van der Waals surface area contributed by atoms with E-state index in [-0.39, 0.29) is 0 Å². The first-order valence-corrected chi connectivity index (χ1v) is 11.7. The Bertz CT molecular complexity index is 498. The van der Waals surface area contributed by atoms with Crippen LogP contribution in [0.2, 0.25) is 0 Å². The van der Waals surface area contributed by atoms with Crippen molar-refractivity contribution >= 4 is 5.69 Å². The van der Waals surface area contributed by atoms with Gasteiger partial charge in [-0.3, -0.25) is 0 Å². The predicted molar refractivity (Wildman–Crippen MR) is 126 cm³/mol. The monoisotopic (exact) mass is 389 g/mol. The average molecular weight is 390 g/mol. The van der Waals surface area contributed by atoms with Gasteiger partial charge < -0.3 is 10.1 Å². The first kappa shape index (κ1) is 24.9. The Morgan fingerprint density at radius 3 is 1.89 bits per heavy atom. The van der Waals surface area contributed by atoms with Gasteiger partial charge in [-0.05, 0) is 54.4 Å². The molecule has 0 heterocycles. The van der Waals surface area contributed by atoms with Crippen LogP contribution in [0.3, 0.4) is 0 Å². The molecule has 0 radical (unpaired) electrons. The second-order valence-electron chi connectivity index (χ2n) is 10.0. The highest BCUT2D eigenvalue weighted by molar-refractivity contribution is 5.46. The second kappa shape index (κ2) is 13.1. The van der Waals surface area contributed by atoms with Gasteiger partial charge >= 0.3 is 0 Å². The first-order chi connectivity index (χ1) is 13.3. The minimum absolute atomic E-state index is 0.402. The van der Waals surface area contributed by atoms with E-state index in [9.17, 15) is 0 Å². The SMILES string of the molecule is CCCCNc1ccc(OCCCCCCCCCC(C)(C)C(C)(C)C)cc1. The summed E-state index contributed by atoms with van der Waals surface area (Å²) in [5.41, 5.74) is 2.03. The summed E-state index contributed by atoms with van der Waals surface area (Å²) in [4.78, 5) is 0. The van der Waals surface area contributed by atoms with E-state index in [2.05, 4.69) is 71.1 Å². The molecule has 2 nitrogen and oxygen atoms in total. The topological polar surface area (TPSA) is 21.3 Å². The van der Waals surface area contributed by atoms with Crippen molar-refractivity contribution in [1.29, 1.82) is 0 Å². The van der Waals surface area contributed by atoms with E-state index < -0.39 is 0 Å². The van der Waals surface area contributed by atoms with Gasteiger partial charge in [0.2, 0.25) is 0 Å². The number of hydrogen-bond acceptors (Lipinski definition) is 2. The summed E-state index contributed by atoms with van der Waals surface area (Å²) in [6.07, 6.45) is 13.1. The minimum atomic E-state index is 0.402. The molecule has 0 saturated heterocycles. The van der Waals surface area contributed by atoms with Crippen LogP contribution < -0.4 is 10.1 Å². The van der Waals surface area contributed by atoms with Gasteiger partial charge in [-0.2, -0.15) is 0 Å². The molecule has 0 fully saturated rings. The van der Waals surface area contributed by atoms with Crippen LogP contribution >= 0.6 is 0 Å². The summed E-state index contributed by atoms with van der Waals surface area (Å²) in [5.74, 6) is 0.988. The highest BCUT2D eigenvalue weighted by atomic mass is 16.5. The lowest BCUT2D eigenvalue weighted by Gasteiger charge is -2.39. The molecule has 0 saturated carbocycles. The largest absolute Gasteiger partial charge is 0.494 e. The average Bonchev–Trinajstić information content (AvgIpc) is 2.63. The summed E-state index contributed by atoms with van der Waals surface area (Å²) in [5, 5.41) is 3.44. The van der Waals surface area contributed by atoms with Gasteiger partial charge in [-0.25, -0.2) is 0 Å². The highest BCUT2D eigenvalue weighted by Crippen LogP contribution is 2.41. The molecule has 0 aromatic heterocycles. The van der Waals surface area contributed by atoms with Crippen LogP contribution in [0.4, 0.5) is 5.69 Å². The maximum absolute atomic E-state index is 5.87. The summed E-state index contributed by atoms with van der Waals surface area (Å²) < 4.78 is 5.87. The molecule has 2 heteroatoms. The molecule has 0 bridgehead atoms. The number of benzene rings is 1. The first-order valence-electron chi connectivity index (χ1n) is 11.7. The van der Waals surface area contributed by atoms with E-state index in [4.69, 9.17) is 4.74 Å². The zero-order valence-electron chi connectivity index (χ0n) is 19.7. The van der Waals surface area contributed by atoms with E-state index in [0.717, 1.165) is 25.3 Å². The van der Waals surface area contributed by atoms with E-state index in [1.165, 1.54) is 63.5 Å². The number of ether oxygens (including phenoxy) is 1. The fourth-order valence-electron chi connectivity index (χ4n) is 3.20. The van der Waals surface area contributed by atoms with Crippen LogP contribution in [0.1, 0.15) is 106 Å². The Morgan fingerprint density at radius 1 is 0.750 bits per heavy atom. The summed E-state index contributed by atoms with van der Waals surface area (Å²) in [7, 11) is 0. The van der Waals surface area contributed by atoms with Gasteiger partial charge in [0.15, 0.2) is 0 Å². The Morgan fingerprint density at radius 2 is 1.32 bits per heavy atom. The molecule has 1 aromatic carbocycles. The molecule has 0 atom stereocenters. The lowest BCUT2D eigenvalue weighted by molar-refractivity contribution is 0.115. The minimum Gasteiger partial charge on any atom is -0.494 e. The van der Waals surface area contributed by atoms with E-state index in [1.54, 1.807) is 0 Å². The Hall–Kier alpha value is -1.18. The van der Waals surface area contributed by atoms with Gasteiger partial charge in [-0.15, -0.1) is 0 Å². The third-order valence-electron chi connectivity index (χ3n) is 6.46. The molecule has 0 amide bonds. The van der Waals surface area contributed by atoms with E-state index >= 15 is 0 Å². The second-order valence-corrected chi connectivity index (χ2v) is 10.0. The maximum Gasteiger partial charge on any atom is 0.119 e. The Balaban J connectivity index is 1.99. The van der Waals surface area contributed by atoms with Crippen LogP contribution in [-0.4, -0.2) is 13.2 Å². The standard InChI is InChI=1S/C26H47NO/c1-7-8-21-27-23-16-18-24(19-17-23)28-22-15-13-11-9-10-12-14-20-26(5,6)25(2,3)4/h16-19,27H,7-15,20-22H2,1-6H3. The predicted octanol–water partition coefficient (Wildman–Crippen LogP) is 8.47. The Kier molecular flexibility index (Phi) is 11.6. The normalized spacial score (nSPS) is 12.2. The van der Waals surface area contributed by atoms with Crippen LogP contribution in [0.5, 0.6) is 5.75 Å². The van der Waals surface area contributed by atoms with Crippen LogP contribution in [-0.2, 0) is 0 Å². The fourth-order valence-corrected chi connectivity index (χ4v) is 3.20. The van der Waals surface area contributed by atoms with Crippen molar-refractivity contribution in [1.82, 2.24) is 0 Å². The molecule has 1 aromatic rings. The molecule has 0 spiro atoms. The third-order valence-corrected chi connectivity index (χ3v) is 6.46. The van der Waals surface area contributed by atoms with Crippen molar-refractivity contribution in [3.05, 3.63) is 24.3 Å². The summed E-state index contributed by atoms with van der Waals surface area (Å²) in [6.45, 7) is 16.0. The van der Waals surface area contributed by atoms with E-state index in [1.807, 2.05) is 0 Å². The van der Waals surface area contributed by atoms with E-state index in [0.29, 0.717) is 10.8 Å². The molecule has 1 N–H and O–H groups in total. The van der Waals surface area contributed by atoms with Gasteiger partial charge in [0, 0.05) is 12.2 Å². The lowest BCUT2D eigenvalue weighted by Crippen LogP contribution is -2.29. The molecule has 162 valence electrons. The van der Waals surface area contributed by atoms with Crippen molar-refractivity contribution in [2.45, 2.75) is 106 Å². The lowest BCUT2D eigenvalue weighted by atomic mass is 9.67. The molecule has 1 rings (SSSR count). The molecular formula is C26H47NO. The smallest absolute Gasteiger partial charge is 0.119 e. The molecule has 0 aliphatic carbocycles. The number of hydrogen-bond donors (Lipinski definition) is 1. The molecule has 0 aliphatic rings. The van der Waals surface area contributed by atoms with Crippen molar-refractivity contribution < 1.29 is 4.74 Å². The fraction of sp³-hybridized carbons (Fsp3) is 0.769. The van der Waals surface area contributed by atoms with Gasteiger partial charge in [0.25, 0.3) is 0 Å². The molecule has 0 aliphatic heterocycles. The van der Waals surface area contributed by atoms with Crippen molar-refractivity contribution in [2.75, 3.05) is 18.5 Å². The van der Waals surface area contributed by atoms with Gasteiger partial charge in [-0.1, -0.05) is 86.5 Å². The molecule has 0 unspecified atom stereocenters. The van der Waals surface area contributed by atoms with Crippen LogP contribution in [0.15, 0.2) is 24.3 Å². The zero-order valence-corrected chi connectivity index (χ0v) is 19.7.